The molecule has 11 heteroatoms. The van der Waals surface area contributed by atoms with Crippen LogP contribution < -0.4 is 5.32 Å². The zero-order valence-electron chi connectivity index (χ0n) is 18.8. The number of amides is 1. The van der Waals surface area contributed by atoms with Crippen molar-refractivity contribution >= 4 is 29.8 Å². The van der Waals surface area contributed by atoms with Crippen LogP contribution in [0.3, 0.4) is 0 Å². The molecule has 0 aromatic rings. The number of esters is 4. The summed E-state index contributed by atoms with van der Waals surface area (Å²) in [6, 6.07) is -1.14. The third-order valence-electron chi connectivity index (χ3n) is 5.27. The molecule has 0 aromatic heterocycles. The van der Waals surface area contributed by atoms with Crippen molar-refractivity contribution in [3.63, 3.8) is 0 Å². The van der Waals surface area contributed by atoms with Crippen LogP contribution in [0.5, 0.6) is 0 Å². The van der Waals surface area contributed by atoms with Crippen molar-refractivity contribution in [1.29, 1.82) is 0 Å². The summed E-state index contributed by atoms with van der Waals surface area (Å²) >= 11 is 0. The van der Waals surface area contributed by atoms with E-state index in [2.05, 4.69) is 5.32 Å². The van der Waals surface area contributed by atoms with Crippen LogP contribution in [-0.4, -0.2) is 67.0 Å². The lowest BCUT2D eigenvalue weighted by Gasteiger charge is -2.44. The standard InChI is InChI=1S/C21H31NO10/c1-11(23)28-10-16-18(29-12(2)24)19(30-13(3)25)17(21(32-16)31-14(4)26)22-20(27)15-8-6-5-7-9-15/h15-19,21H,5-10H2,1-4H3,(H,22,27)/t16?,17-,18+,19+,21?/m0/s1. The molecule has 11 nitrogen and oxygen atoms in total. The Morgan fingerprint density at radius 1 is 0.781 bits per heavy atom. The maximum Gasteiger partial charge on any atom is 0.305 e. The minimum absolute atomic E-state index is 0.245. The molecule has 2 aliphatic rings. The fourth-order valence-electron chi connectivity index (χ4n) is 3.97. The Hall–Kier alpha value is -2.69. The highest BCUT2D eigenvalue weighted by atomic mass is 16.7. The number of carbonyl (C=O) groups is 5. The van der Waals surface area contributed by atoms with Crippen LogP contribution in [0.1, 0.15) is 59.8 Å². The second-order valence-corrected chi connectivity index (χ2v) is 7.97. The highest BCUT2D eigenvalue weighted by Gasteiger charge is 2.52. The molecule has 1 aliphatic carbocycles. The molecule has 2 fully saturated rings. The molecule has 0 radical (unpaired) electrons. The fourth-order valence-corrected chi connectivity index (χ4v) is 3.97. The van der Waals surface area contributed by atoms with Gasteiger partial charge in [0.25, 0.3) is 0 Å². The van der Waals surface area contributed by atoms with Gasteiger partial charge in [-0.25, -0.2) is 0 Å². The van der Waals surface area contributed by atoms with Gasteiger partial charge in [-0.05, 0) is 12.8 Å². The van der Waals surface area contributed by atoms with Crippen molar-refractivity contribution < 1.29 is 47.7 Å². The topological polar surface area (TPSA) is 144 Å². The quantitative estimate of drug-likeness (QED) is 0.430. The highest BCUT2D eigenvalue weighted by molar-refractivity contribution is 5.79. The number of carbonyl (C=O) groups excluding carboxylic acids is 5. The van der Waals surface area contributed by atoms with Crippen molar-refractivity contribution in [3.05, 3.63) is 0 Å². The first-order valence-corrected chi connectivity index (χ1v) is 10.7. The highest BCUT2D eigenvalue weighted by Crippen LogP contribution is 2.29. The molecule has 0 spiro atoms. The Bertz CT molecular complexity index is 717. The Balaban J connectivity index is 2.37. The molecule has 1 saturated carbocycles. The first kappa shape index (κ1) is 25.6. The molecule has 1 N–H and O–H groups in total. The monoisotopic (exact) mass is 457 g/mol. The van der Waals surface area contributed by atoms with Gasteiger partial charge in [0.2, 0.25) is 12.2 Å². The number of nitrogens with one attached hydrogen (secondary N) is 1. The van der Waals surface area contributed by atoms with Crippen LogP contribution in [0.25, 0.3) is 0 Å². The first-order valence-electron chi connectivity index (χ1n) is 10.7. The zero-order chi connectivity index (χ0) is 23.8. The number of ether oxygens (including phenoxy) is 5. The van der Waals surface area contributed by atoms with E-state index in [1.165, 1.54) is 6.92 Å². The predicted octanol–water partition coefficient (Wildman–Crippen LogP) is 0.766. The van der Waals surface area contributed by atoms with Crippen molar-refractivity contribution in [2.45, 2.75) is 90.4 Å². The van der Waals surface area contributed by atoms with Crippen LogP contribution in [0.2, 0.25) is 0 Å². The summed E-state index contributed by atoms with van der Waals surface area (Å²) in [7, 11) is 0. The Kier molecular flexibility index (Phi) is 9.42. The lowest BCUT2D eigenvalue weighted by Crippen LogP contribution is -2.67. The van der Waals surface area contributed by atoms with E-state index < -0.39 is 54.5 Å². The summed E-state index contributed by atoms with van der Waals surface area (Å²) in [6.07, 6.45) is -0.648. The molecule has 180 valence electrons. The molecule has 2 rings (SSSR count). The Morgan fingerprint density at radius 2 is 1.34 bits per heavy atom. The minimum atomic E-state index is -1.36. The molecule has 1 saturated heterocycles. The molecule has 1 aliphatic heterocycles. The van der Waals surface area contributed by atoms with Gasteiger partial charge in [0.1, 0.15) is 18.8 Å². The van der Waals surface area contributed by atoms with Crippen LogP contribution in [0.4, 0.5) is 0 Å². The average Bonchev–Trinajstić information content (AvgIpc) is 2.70. The molecule has 1 amide bonds. The second-order valence-electron chi connectivity index (χ2n) is 7.97. The summed E-state index contributed by atoms with van der Waals surface area (Å²) in [5.74, 6) is -3.27. The van der Waals surface area contributed by atoms with E-state index in [1.807, 2.05) is 0 Å². The Labute approximate surface area is 186 Å². The number of hydrogen-bond acceptors (Lipinski definition) is 10. The smallest absolute Gasteiger partial charge is 0.305 e. The van der Waals surface area contributed by atoms with Crippen molar-refractivity contribution in [2.75, 3.05) is 6.61 Å². The third-order valence-corrected chi connectivity index (χ3v) is 5.27. The van der Waals surface area contributed by atoms with Gasteiger partial charge in [-0.1, -0.05) is 19.3 Å². The van der Waals surface area contributed by atoms with Crippen LogP contribution >= 0.6 is 0 Å². The van der Waals surface area contributed by atoms with Crippen molar-refractivity contribution in [1.82, 2.24) is 5.32 Å². The molecule has 32 heavy (non-hydrogen) atoms. The maximum atomic E-state index is 12.9. The van der Waals surface area contributed by atoms with Crippen molar-refractivity contribution in [2.24, 2.45) is 5.92 Å². The lowest BCUT2D eigenvalue weighted by molar-refractivity contribution is -0.271. The van der Waals surface area contributed by atoms with Gasteiger partial charge in [-0.3, -0.25) is 24.0 Å². The van der Waals surface area contributed by atoms with Gasteiger partial charge < -0.3 is 29.0 Å². The zero-order valence-corrected chi connectivity index (χ0v) is 18.8. The van der Waals surface area contributed by atoms with E-state index in [-0.39, 0.29) is 18.4 Å². The summed E-state index contributed by atoms with van der Waals surface area (Å²) in [5.41, 5.74) is 0. The Morgan fingerprint density at radius 3 is 1.88 bits per heavy atom. The summed E-state index contributed by atoms with van der Waals surface area (Å²) in [4.78, 5) is 59.6. The second kappa shape index (κ2) is 11.8. The summed E-state index contributed by atoms with van der Waals surface area (Å²) in [6.45, 7) is 4.29. The van der Waals surface area contributed by atoms with Gasteiger partial charge in [0.05, 0.1) is 0 Å². The molecule has 0 bridgehead atoms. The lowest BCUT2D eigenvalue weighted by atomic mass is 9.88. The van der Waals surface area contributed by atoms with Crippen molar-refractivity contribution in [3.8, 4) is 0 Å². The SMILES string of the molecule is CC(=O)OCC1OC(OC(C)=O)[C@@H](NC(=O)C2CCCCC2)[C@@H](OC(C)=O)[C@@H]1OC(C)=O. The van der Waals surface area contributed by atoms with E-state index in [4.69, 9.17) is 23.7 Å². The van der Waals surface area contributed by atoms with Crippen LogP contribution in [0, 0.1) is 5.92 Å². The molecule has 2 unspecified atom stereocenters. The largest absolute Gasteiger partial charge is 0.463 e. The first-order chi connectivity index (χ1) is 15.1. The average molecular weight is 457 g/mol. The molecule has 5 atom stereocenters. The molecular weight excluding hydrogens is 426 g/mol. The van der Waals surface area contributed by atoms with E-state index in [0.29, 0.717) is 12.8 Å². The fraction of sp³-hybridized carbons (Fsp3) is 0.762. The van der Waals surface area contributed by atoms with E-state index in [9.17, 15) is 24.0 Å². The van der Waals surface area contributed by atoms with E-state index >= 15 is 0 Å². The predicted molar refractivity (Wildman–Crippen MR) is 107 cm³/mol. The number of rotatable bonds is 7. The number of hydrogen-bond donors (Lipinski definition) is 1. The van der Waals surface area contributed by atoms with Gasteiger partial charge in [0, 0.05) is 33.6 Å². The molecule has 1 heterocycles. The minimum Gasteiger partial charge on any atom is -0.463 e. The van der Waals surface area contributed by atoms with Gasteiger partial charge in [0.15, 0.2) is 12.2 Å². The summed E-state index contributed by atoms with van der Waals surface area (Å²) in [5, 5.41) is 2.77. The van der Waals surface area contributed by atoms with Crippen LogP contribution in [0.15, 0.2) is 0 Å². The molecular formula is C21H31NO10. The normalized spacial score (nSPS) is 28.2. The van der Waals surface area contributed by atoms with Gasteiger partial charge in [-0.2, -0.15) is 0 Å². The maximum absolute atomic E-state index is 12.9. The van der Waals surface area contributed by atoms with Gasteiger partial charge in [-0.15, -0.1) is 0 Å². The summed E-state index contributed by atoms with van der Waals surface area (Å²) < 4.78 is 26.8. The third kappa shape index (κ3) is 7.47. The van der Waals surface area contributed by atoms with Crippen LogP contribution in [-0.2, 0) is 47.7 Å². The van der Waals surface area contributed by atoms with E-state index in [0.717, 1.165) is 40.0 Å². The van der Waals surface area contributed by atoms with E-state index in [1.54, 1.807) is 0 Å². The van der Waals surface area contributed by atoms with Gasteiger partial charge >= 0.3 is 23.9 Å². The molecule has 0 aromatic carbocycles.